The quantitative estimate of drug-likeness (QED) is 0.649. The van der Waals surface area contributed by atoms with Crippen molar-refractivity contribution in [3.63, 3.8) is 0 Å². The molecule has 1 fully saturated rings. The summed E-state index contributed by atoms with van der Waals surface area (Å²) in [6.07, 6.45) is 10.3. The van der Waals surface area contributed by atoms with Crippen LogP contribution < -0.4 is 0 Å². The predicted octanol–water partition coefficient (Wildman–Crippen LogP) is 4.20. The van der Waals surface area contributed by atoms with Crippen LogP contribution in [0, 0.1) is 12.8 Å². The second kappa shape index (κ2) is 4.45. The highest BCUT2D eigenvalue weighted by Crippen LogP contribution is 2.26. The van der Waals surface area contributed by atoms with Crippen LogP contribution in [0.5, 0.6) is 0 Å². The van der Waals surface area contributed by atoms with Gasteiger partial charge in [-0.25, -0.2) is 0 Å². The Kier molecular flexibility index (Phi) is 3.03. The maximum atomic E-state index is 2.39. The number of aryl methyl sites for hydroxylation is 1. The van der Waals surface area contributed by atoms with Crippen molar-refractivity contribution in [3.8, 4) is 0 Å². The first kappa shape index (κ1) is 9.51. The molecule has 0 aliphatic heterocycles. The Morgan fingerprint density at radius 1 is 1.07 bits per heavy atom. The molecule has 1 saturated carbocycles. The van der Waals surface area contributed by atoms with Crippen molar-refractivity contribution in [1.82, 2.24) is 0 Å². The van der Waals surface area contributed by atoms with E-state index in [9.17, 15) is 0 Å². The molecule has 74 valence electrons. The Hall–Kier alpha value is -1.04. The third kappa shape index (κ3) is 2.47. The van der Waals surface area contributed by atoms with Crippen molar-refractivity contribution in [3.05, 3.63) is 41.5 Å². The molecule has 0 N–H and O–H groups in total. The summed E-state index contributed by atoms with van der Waals surface area (Å²) < 4.78 is 0. The molecule has 0 nitrogen and oxygen atoms in total. The summed E-state index contributed by atoms with van der Waals surface area (Å²) in [5.74, 6) is 0.844. The summed E-state index contributed by atoms with van der Waals surface area (Å²) in [7, 11) is 0. The molecule has 0 atom stereocenters. The van der Waals surface area contributed by atoms with Gasteiger partial charge in [0.1, 0.15) is 0 Å². The normalized spacial score (nSPS) is 18.1. The lowest BCUT2D eigenvalue weighted by atomic mass is 10.1. The average molecular weight is 186 g/mol. The lowest BCUT2D eigenvalue weighted by Gasteiger charge is -2.00. The Labute approximate surface area is 86.7 Å². The molecule has 0 aromatic heterocycles. The van der Waals surface area contributed by atoms with E-state index in [-0.39, 0.29) is 0 Å². The van der Waals surface area contributed by atoms with Gasteiger partial charge >= 0.3 is 0 Å². The van der Waals surface area contributed by atoms with Gasteiger partial charge in [-0.15, -0.1) is 0 Å². The fourth-order valence-electron chi connectivity index (χ4n) is 2.07. The van der Waals surface area contributed by atoms with Crippen LogP contribution in [0.3, 0.4) is 0 Å². The molecule has 0 bridgehead atoms. The summed E-state index contributed by atoms with van der Waals surface area (Å²) in [5, 5.41) is 0. The zero-order valence-electron chi connectivity index (χ0n) is 8.87. The largest absolute Gasteiger partial charge is 0.0808 e. The first-order valence-electron chi connectivity index (χ1n) is 5.59. The van der Waals surface area contributed by atoms with Crippen molar-refractivity contribution >= 4 is 6.08 Å². The van der Waals surface area contributed by atoms with E-state index in [0.717, 1.165) is 5.92 Å². The van der Waals surface area contributed by atoms with Crippen LogP contribution in [0.4, 0.5) is 0 Å². The van der Waals surface area contributed by atoms with Gasteiger partial charge in [-0.1, -0.05) is 54.8 Å². The third-order valence-electron chi connectivity index (χ3n) is 3.04. The van der Waals surface area contributed by atoms with Gasteiger partial charge in [-0.05, 0) is 31.2 Å². The topological polar surface area (TPSA) is 0 Å². The van der Waals surface area contributed by atoms with E-state index in [1.807, 2.05) is 0 Å². The van der Waals surface area contributed by atoms with Gasteiger partial charge < -0.3 is 0 Å². The van der Waals surface area contributed by atoms with Gasteiger partial charge in [-0.2, -0.15) is 0 Å². The van der Waals surface area contributed by atoms with E-state index in [1.165, 1.54) is 36.8 Å². The van der Waals surface area contributed by atoms with Gasteiger partial charge in [-0.3, -0.25) is 0 Å². The maximum Gasteiger partial charge on any atom is -0.0230 e. The summed E-state index contributed by atoms with van der Waals surface area (Å²) in [4.78, 5) is 0. The van der Waals surface area contributed by atoms with Crippen LogP contribution in [0.15, 0.2) is 30.3 Å². The fourth-order valence-corrected chi connectivity index (χ4v) is 2.07. The van der Waals surface area contributed by atoms with E-state index >= 15 is 0 Å². The molecule has 0 unspecified atom stereocenters. The van der Waals surface area contributed by atoms with Crippen molar-refractivity contribution in [2.45, 2.75) is 32.6 Å². The molecule has 2 rings (SSSR count). The summed E-state index contributed by atoms with van der Waals surface area (Å²) >= 11 is 0. The first-order valence-corrected chi connectivity index (χ1v) is 5.59. The van der Waals surface area contributed by atoms with Gasteiger partial charge in [0, 0.05) is 0 Å². The minimum Gasteiger partial charge on any atom is -0.0808 e. The first-order chi connectivity index (χ1) is 6.84. The van der Waals surface area contributed by atoms with E-state index < -0.39 is 0 Å². The highest BCUT2D eigenvalue weighted by Gasteiger charge is 2.10. The molecule has 0 heteroatoms. The molecule has 14 heavy (non-hydrogen) atoms. The Bertz CT molecular complexity index is 299. The van der Waals surface area contributed by atoms with Gasteiger partial charge in [0.15, 0.2) is 0 Å². The standard InChI is InChI=1S/C14H18/c1-12-6-8-14(9-7-12)11-10-13-4-2-3-5-13/h6-11,13H,2-5H2,1H3/b11-10+. The predicted molar refractivity (Wildman–Crippen MR) is 62.2 cm³/mol. The monoisotopic (exact) mass is 186 g/mol. The third-order valence-corrected chi connectivity index (χ3v) is 3.04. The Morgan fingerprint density at radius 2 is 1.71 bits per heavy atom. The Morgan fingerprint density at radius 3 is 2.36 bits per heavy atom. The van der Waals surface area contributed by atoms with Crippen LogP contribution in [0.1, 0.15) is 36.8 Å². The second-order valence-corrected chi connectivity index (χ2v) is 4.31. The number of rotatable bonds is 2. The zero-order chi connectivity index (χ0) is 9.80. The molecule has 0 spiro atoms. The minimum atomic E-state index is 0.844. The molecule has 0 heterocycles. The number of hydrogen-bond donors (Lipinski definition) is 0. The van der Waals surface area contributed by atoms with E-state index in [4.69, 9.17) is 0 Å². The molecular formula is C14H18. The molecule has 1 aromatic carbocycles. The molecule has 1 aliphatic rings. The summed E-state index contributed by atoms with van der Waals surface area (Å²) in [6.45, 7) is 2.13. The van der Waals surface area contributed by atoms with Gasteiger partial charge in [0.2, 0.25) is 0 Å². The van der Waals surface area contributed by atoms with E-state index in [2.05, 4.69) is 43.3 Å². The van der Waals surface area contributed by atoms with Crippen molar-refractivity contribution < 1.29 is 0 Å². The highest BCUT2D eigenvalue weighted by atomic mass is 14.2. The molecule has 0 amide bonds. The molecule has 0 saturated heterocycles. The number of allylic oxidation sites excluding steroid dienone is 1. The molecule has 1 aromatic rings. The van der Waals surface area contributed by atoms with Gasteiger partial charge in [0.05, 0.1) is 0 Å². The van der Waals surface area contributed by atoms with Crippen molar-refractivity contribution in [2.24, 2.45) is 5.92 Å². The lowest BCUT2D eigenvalue weighted by Crippen LogP contribution is -1.85. The number of hydrogen-bond acceptors (Lipinski definition) is 0. The van der Waals surface area contributed by atoms with Crippen LogP contribution in [0.25, 0.3) is 6.08 Å². The summed E-state index contributed by atoms with van der Waals surface area (Å²) in [5.41, 5.74) is 2.67. The lowest BCUT2D eigenvalue weighted by molar-refractivity contribution is 0.689. The van der Waals surface area contributed by atoms with Crippen molar-refractivity contribution in [1.29, 1.82) is 0 Å². The number of benzene rings is 1. The fraction of sp³-hybridized carbons (Fsp3) is 0.429. The molecule has 0 radical (unpaired) electrons. The maximum absolute atomic E-state index is 2.39. The highest BCUT2D eigenvalue weighted by molar-refractivity contribution is 5.49. The van der Waals surface area contributed by atoms with Crippen LogP contribution in [-0.2, 0) is 0 Å². The van der Waals surface area contributed by atoms with Gasteiger partial charge in [0.25, 0.3) is 0 Å². The minimum absolute atomic E-state index is 0.844. The van der Waals surface area contributed by atoms with Crippen LogP contribution >= 0.6 is 0 Å². The smallest absolute Gasteiger partial charge is 0.0230 e. The van der Waals surface area contributed by atoms with E-state index in [1.54, 1.807) is 0 Å². The van der Waals surface area contributed by atoms with Crippen molar-refractivity contribution in [2.75, 3.05) is 0 Å². The second-order valence-electron chi connectivity index (χ2n) is 4.31. The molecular weight excluding hydrogens is 168 g/mol. The Balaban J connectivity index is 1.99. The van der Waals surface area contributed by atoms with E-state index in [0.29, 0.717) is 0 Å². The molecule has 1 aliphatic carbocycles. The van der Waals surface area contributed by atoms with Crippen LogP contribution in [0.2, 0.25) is 0 Å². The average Bonchev–Trinajstić information content (AvgIpc) is 2.70. The van der Waals surface area contributed by atoms with Crippen LogP contribution in [-0.4, -0.2) is 0 Å². The SMILES string of the molecule is Cc1ccc(/C=C/C2CCCC2)cc1. The summed E-state index contributed by atoms with van der Waals surface area (Å²) in [6, 6.07) is 8.74. The zero-order valence-corrected chi connectivity index (χ0v) is 8.87.